The van der Waals surface area contributed by atoms with Crippen LogP contribution in [-0.4, -0.2) is 147 Å². The lowest BCUT2D eigenvalue weighted by Crippen LogP contribution is -2.68. The summed E-state index contributed by atoms with van der Waals surface area (Å²) in [6.07, 6.45) is -3.63. The van der Waals surface area contributed by atoms with Gasteiger partial charge in [-0.2, -0.15) is 0 Å². The third-order valence-corrected chi connectivity index (χ3v) is 11.3. The number of carbonyl (C=O) groups excluding carboxylic acids is 3. The van der Waals surface area contributed by atoms with Crippen molar-refractivity contribution in [3.63, 3.8) is 0 Å². The highest BCUT2D eigenvalue weighted by atomic mass is 16.6. The average Bonchev–Trinajstić information content (AvgIpc) is 3.48. The number of hydrogen-bond donors (Lipinski definition) is 7. The summed E-state index contributed by atoms with van der Waals surface area (Å²) in [5.74, 6) is -2.34. The van der Waals surface area contributed by atoms with E-state index in [-0.39, 0.29) is 35.6 Å². The fraction of sp³-hybridized carbons (Fsp3) is 0.714. The monoisotopic (exact) mass is 704 g/mol. The molecular formula is C35H52N4O11. The third-order valence-electron chi connectivity index (χ3n) is 11.3. The zero-order valence-electron chi connectivity index (χ0n) is 29.3. The van der Waals surface area contributed by atoms with Gasteiger partial charge in [-0.25, -0.2) is 4.79 Å². The normalized spacial score (nSPS) is 30.7. The zero-order chi connectivity index (χ0) is 36.6. The molecule has 4 aliphatic rings. The fourth-order valence-corrected chi connectivity index (χ4v) is 8.03. The van der Waals surface area contributed by atoms with E-state index in [9.17, 15) is 44.7 Å². The Kier molecular flexibility index (Phi) is 11.2. The minimum atomic E-state index is -2.00. The van der Waals surface area contributed by atoms with Crippen molar-refractivity contribution >= 4 is 23.7 Å². The van der Waals surface area contributed by atoms with Gasteiger partial charge in [0.05, 0.1) is 37.0 Å². The molecule has 1 aromatic rings. The van der Waals surface area contributed by atoms with Crippen LogP contribution in [0.4, 0.5) is 0 Å². The molecule has 5 rings (SSSR count). The van der Waals surface area contributed by atoms with E-state index in [2.05, 4.69) is 15.5 Å². The Balaban J connectivity index is 1.30. The van der Waals surface area contributed by atoms with Gasteiger partial charge in [0.1, 0.15) is 18.0 Å². The van der Waals surface area contributed by atoms with Crippen molar-refractivity contribution in [1.29, 1.82) is 0 Å². The van der Waals surface area contributed by atoms with E-state index in [4.69, 9.17) is 9.47 Å². The van der Waals surface area contributed by atoms with Crippen LogP contribution in [-0.2, 0) is 23.9 Å². The smallest absolute Gasteiger partial charge is 0.336 e. The molecule has 0 aromatic heterocycles. The number of phenolic OH excluding ortho intramolecular Hbond substituents is 1. The molecule has 0 bridgehead atoms. The highest BCUT2D eigenvalue weighted by Crippen LogP contribution is 2.44. The van der Waals surface area contributed by atoms with Crippen molar-refractivity contribution in [2.45, 2.75) is 108 Å². The maximum absolute atomic E-state index is 13.4. The predicted molar refractivity (Wildman–Crippen MR) is 178 cm³/mol. The van der Waals surface area contributed by atoms with Crippen LogP contribution in [0.5, 0.6) is 5.75 Å². The molecule has 3 heterocycles. The molecule has 7 atom stereocenters. The largest absolute Gasteiger partial charge is 0.507 e. The number of benzene rings is 1. The molecule has 3 aliphatic heterocycles. The lowest BCUT2D eigenvalue weighted by molar-refractivity contribution is -0.231. The van der Waals surface area contributed by atoms with Crippen molar-refractivity contribution in [3.05, 3.63) is 28.8 Å². The van der Waals surface area contributed by atoms with E-state index >= 15 is 0 Å². The number of rotatable bonds is 11. The van der Waals surface area contributed by atoms with Gasteiger partial charge in [0.2, 0.25) is 11.8 Å². The zero-order valence-corrected chi connectivity index (χ0v) is 29.3. The summed E-state index contributed by atoms with van der Waals surface area (Å²) >= 11 is 0. The van der Waals surface area contributed by atoms with Crippen LogP contribution in [0, 0.1) is 19.3 Å². The standard InChI is InChI=1S/C35H52N4O11/c1-20-14-23(15-21(2)27(20)43)30(45)36-17-25(42)28(44)29-26(37-22(3)40)24(41)16-35(50-29,32(47)48)9-11-39-12-13-49-19-34(39)8-10-38(18-34)31(46)33(4)6-5-7-33/h14-15,24-26,28-29,41-44H,5-13,16-19H2,1-4H3,(H,36,45)(H,37,40)(H,47,48)/t24-,25+,26+,28+,29+,34-,35+/m0/s1. The van der Waals surface area contributed by atoms with Crippen LogP contribution in [0.3, 0.4) is 0 Å². The number of aryl methyl sites for hydroxylation is 2. The van der Waals surface area contributed by atoms with Gasteiger partial charge in [-0.05, 0) is 56.4 Å². The lowest BCUT2D eigenvalue weighted by atomic mass is 9.69. The summed E-state index contributed by atoms with van der Waals surface area (Å²) in [6, 6.07) is 1.69. The number of carboxylic acids is 1. The molecule has 1 aliphatic carbocycles. The molecule has 7 N–H and O–H groups in total. The Labute approximate surface area is 291 Å². The van der Waals surface area contributed by atoms with Crippen molar-refractivity contribution in [2.24, 2.45) is 5.41 Å². The number of aliphatic hydroxyl groups excluding tert-OH is 3. The molecule has 1 aromatic carbocycles. The van der Waals surface area contributed by atoms with Gasteiger partial charge in [-0.3, -0.25) is 19.3 Å². The van der Waals surface area contributed by atoms with Crippen LogP contribution in [0.15, 0.2) is 12.1 Å². The molecule has 3 amide bonds. The summed E-state index contributed by atoms with van der Waals surface area (Å²) in [5, 5.41) is 59.3. The van der Waals surface area contributed by atoms with Gasteiger partial charge in [0.15, 0.2) is 5.60 Å². The number of likely N-dealkylation sites (tertiary alicyclic amines) is 1. The molecular weight excluding hydrogens is 652 g/mol. The number of ether oxygens (including phenoxy) is 2. The first-order chi connectivity index (χ1) is 23.5. The quantitative estimate of drug-likeness (QED) is 0.160. The minimum Gasteiger partial charge on any atom is -0.507 e. The highest BCUT2D eigenvalue weighted by molar-refractivity contribution is 5.95. The van der Waals surface area contributed by atoms with Gasteiger partial charge < -0.3 is 50.5 Å². The second-order valence-corrected chi connectivity index (χ2v) is 15.0. The molecule has 278 valence electrons. The van der Waals surface area contributed by atoms with Gasteiger partial charge in [0.25, 0.3) is 5.91 Å². The molecule has 15 nitrogen and oxygen atoms in total. The first-order valence-corrected chi connectivity index (χ1v) is 17.4. The van der Waals surface area contributed by atoms with Crippen LogP contribution in [0.2, 0.25) is 0 Å². The van der Waals surface area contributed by atoms with E-state index in [0.717, 1.165) is 19.3 Å². The number of nitrogens with zero attached hydrogens (tertiary/aromatic N) is 2. The summed E-state index contributed by atoms with van der Waals surface area (Å²) in [6.45, 7) is 8.56. The number of aliphatic hydroxyl groups is 3. The van der Waals surface area contributed by atoms with E-state index in [1.54, 1.807) is 13.8 Å². The number of amides is 3. The number of aliphatic carboxylic acids is 1. The number of aromatic hydroxyl groups is 1. The summed E-state index contributed by atoms with van der Waals surface area (Å²) in [4.78, 5) is 55.3. The summed E-state index contributed by atoms with van der Waals surface area (Å²) < 4.78 is 12.0. The van der Waals surface area contributed by atoms with Crippen LogP contribution >= 0.6 is 0 Å². The Morgan fingerprint density at radius 2 is 1.76 bits per heavy atom. The number of phenols is 1. The van der Waals surface area contributed by atoms with Crippen LogP contribution in [0.25, 0.3) is 0 Å². The van der Waals surface area contributed by atoms with Crippen molar-refractivity contribution in [2.75, 3.05) is 45.9 Å². The van der Waals surface area contributed by atoms with E-state index < -0.39 is 72.3 Å². The second-order valence-electron chi connectivity index (χ2n) is 15.0. The minimum absolute atomic E-state index is 0.0541. The third kappa shape index (κ3) is 7.48. The van der Waals surface area contributed by atoms with E-state index in [1.807, 2.05) is 11.8 Å². The van der Waals surface area contributed by atoms with Gasteiger partial charge in [-0.1, -0.05) is 13.3 Å². The topological polar surface area (TPSA) is 218 Å². The van der Waals surface area contributed by atoms with Gasteiger partial charge in [0, 0.05) is 63.5 Å². The molecule has 1 saturated carbocycles. The first kappa shape index (κ1) is 37.9. The fourth-order valence-electron chi connectivity index (χ4n) is 8.03. The molecule has 3 saturated heterocycles. The Bertz CT molecular complexity index is 1450. The lowest BCUT2D eigenvalue weighted by Gasteiger charge is -2.49. The van der Waals surface area contributed by atoms with Crippen LogP contribution < -0.4 is 10.6 Å². The number of nitrogens with one attached hydrogen (secondary N) is 2. The number of carbonyl (C=O) groups is 4. The number of morpholine rings is 1. The number of carboxylic acid groups (broad SMARTS) is 1. The number of hydrogen-bond acceptors (Lipinski definition) is 11. The van der Waals surface area contributed by atoms with Crippen molar-refractivity contribution in [1.82, 2.24) is 20.4 Å². The summed E-state index contributed by atoms with van der Waals surface area (Å²) in [5.41, 5.74) is -1.68. The van der Waals surface area contributed by atoms with E-state index in [1.165, 1.54) is 19.1 Å². The molecule has 4 fully saturated rings. The molecule has 0 radical (unpaired) electrons. The van der Waals surface area contributed by atoms with Gasteiger partial charge in [-0.15, -0.1) is 0 Å². The maximum atomic E-state index is 13.4. The Morgan fingerprint density at radius 3 is 2.36 bits per heavy atom. The van der Waals surface area contributed by atoms with Crippen molar-refractivity contribution in [3.8, 4) is 5.75 Å². The second kappa shape index (κ2) is 14.7. The Hall–Kier alpha value is -3.34. The SMILES string of the molecule is CC(=O)N[C@H]1[C@H]([C@H](O)[C@H](O)CNC(=O)c2cc(C)c(O)c(C)c2)O[C@@](CCN2CCOC[C@@]23CCN(C(=O)C2(C)CCC2)C3)(C(=O)O)C[C@@H]1O. The molecule has 50 heavy (non-hydrogen) atoms. The van der Waals surface area contributed by atoms with Gasteiger partial charge >= 0.3 is 5.97 Å². The molecule has 15 heteroatoms. The first-order valence-electron chi connectivity index (χ1n) is 17.4. The highest BCUT2D eigenvalue weighted by Gasteiger charge is 2.56. The predicted octanol–water partition coefficient (Wildman–Crippen LogP) is -0.178. The average molecular weight is 705 g/mol. The molecule has 0 unspecified atom stereocenters. The molecule has 1 spiro atoms. The van der Waals surface area contributed by atoms with E-state index in [0.29, 0.717) is 50.4 Å². The summed E-state index contributed by atoms with van der Waals surface area (Å²) in [7, 11) is 0. The maximum Gasteiger partial charge on any atom is 0.336 e. The van der Waals surface area contributed by atoms with Crippen molar-refractivity contribution < 1.29 is 54.2 Å². The van der Waals surface area contributed by atoms with Crippen LogP contribution in [0.1, 0.15) is 73.9 Å². The Morgan fingerprint density at radius 1 is 1.08 bits per heavy atom.